The number of nitrogens with zero attached hydrogens (tertiary/aromatic N) is 6. The van der Waals surface area contributed by atoms with Gasteiger partial charge in [0.1, 0.15) is 17.8 Å². The first-order valence-corrected chi connectivity index (χ1v) is 10.6. The van der Waals surface area contributed by atoms with E-state index in [0.717, 1.165) is 46.4 Å². The van der Waals surface area contributed by atoms with Gasteiger partial charge in [-0.05, 0) is 49.2 Å². The Balaban J connectivity index is 1.51. The molecule has 0 spiro atoms. The van der Waals surface area contributed by atoms with E-state index in [4.69, 9.17) is 9.97 Å². The molecule has 1 N–H and O–H groups in total. The predicted molar refractivity (Wildman–Crippen MR) is 128 cm³/mol. The maximum absolute atomic E-state index is 4.96. The number of imidazole rings is 1. The van der Waals surface area contributed by atoms with Gasteiger partial charge in [-0.1, -0.05) is 30.3 Å². The molecule has 5 rings (SSSR count). The molecule has 8 heteroatoms. The number of benzene rings is 1. The van der Waals surface area contributed by atoms with Crippen LogP contribution in [0.1, 0.15) is 22.6 Å². The number of H-pyrrole nitrogens is 1. The summed E-state index contributed by atoms with van der Waals surface area (Å²) in [5, 5.41) is 4.28. The zero-order valence-electron chi connectivity index (χ0n) is 18.4. The van der Waals surface area contributed by atoms with E-state index < -0.39 is 0 Å². The van der Waals surface area contributed by atoms with Crippen molar-refractivity contribution in [3.05, 3.63) is 89.8 Å². The minimum Gasteiger partial charge on any atom is -0.340 e. The van der Waals surface area contributed by atoms with Gasteiger partial charge < -0.3 is 9.79 Å². The number of hydrogen-bond acceptors (Lipinski definition) is 5. The van der Waals surface area contributed by atoms with E-state index in [2.05, 4.69) is 59.0 Å². The van der Waals surface area contributed by atoms with Gasteiger partial charge >= 0.3 is 0 Å². The Morgan fingerprint density at radius 2 is 1.84 bits per heavy atom. The van der Waals surface area contributed by atoms with E-state index in [1.54, 1.807) is 10.8 Å². The van der Waals surface area contributed by atoms with Crippen LogP contribution in [0.25, 0.3) is 28.3 Å². The molecule has 0 bridgehead atoms. The van der Waals surface area contributed by atoms with E-state index in [0.29, 0.717) is 6.54 Å². The summed E-state index contributed by atoms with van der Waals surface area (Å²) in [4.78, 5) is 19.7. The van der Waals surface area contributed by atoms with E-state index in [9.17, 15) is 0 Å². The molecule has 32 heavy (non-hydrogen) atoms. The predicted octanol–water partition coefficient (Wildman–Crippen LogP) is 3.35. The summed E-state index contributed by atoms with van der Waals surface area (Å²) in [6.45, 7) is 5.69. The number of rotatable bonds is 6. The van der Waals surface area contributed by atoms with Gasteiger partial charge in [0, 0.05) is 30.5 Å². The second kappa shape index (κ2) is 8.40. The van der Waals surface area contributed by atoms with E-state index in [-0.39, 0.29) is 0 Å². The van der Waals surface area contributed by atoms with Gasteiger partial charge in [-0.15, -0.1) is 0 Å². The van der Waals surface area contributed by atoms with Crippen molar-refractivity contribution in [1.29, 1.82) is 0 Å². The molecule has 0 aliphatic heterocycles. The Morgan fingerprint density at radius 1 is 0.969 bits per heavy atom. The third kappa shape index (κ3) is 4.05. The van der Waals surface area contributed by atoms with Crippen LogP contribution in [-0.4, -0.2) is 42.3 Å². The highest BCUT2D eigenvalue weighted by Crippen LogP contribution is 2.29. The van der Waals surface area contributed by atoms with Crippen molar-refractivity contribution in [3.63, 3.8) is 0 Å². The average molecular weight is 421 g/mol. The number of pyridine rings is 2. The van der Waals surface area contributed by atoms with Gasteiger partial charge in [-0.25, -0.2) is 14.5 Å². The van der Waals surface area contributed by atoms with Crippen LogP contribution in [0.5, 0.6) is 0 Å². The van der Waals surface area contributed by atoms with Crippen molar-refractivity contribution in [1.82, 2.24) is 34.4 Å². The van der Waals surface area contributed by atoms with Crippen LogP contribution >= 0.6 is 0 Å². The Hall–Kier alpha value is -3.78. The van der Waals surface area contributed by atoms with Gasteiger partial charge in [-0.2, -0.15) is 5.10 Å². The van der Waals surface area contributed by atoms with Crippen LogP contribution in [-0.2, 0) is 13.1 Å². The SMILES string of the molecule is BN(Cc1nc(-c2cccc(C)n2)c(-c2ccc3ncnn3c2)[nH]1)Cc1ccccc1C. The fraction of sp³-hybridized carbons (Fsp3) is 0.167. The molecule has 4 aromatic heterocycles. The summed E-state index contributed by atoms with van der Waals surface area (Å²) >= 11 is 0. The van der Waals surface area contributed by atoms with E-state index in [1.165, 1.54) is 11.1 Å². The summed E-state index contributed by atoms with van der Waals surface area (Å²) in [7, 11) is 2.11. The fourth-order valence-electron chi connectivity index (χ4n) is 3.92. The number of fused-ring (bicyclic) bond motifs is 1. The third-order valence-corrected chi connectivity index (χ3v) is 5.57. The first-order chi connectivity index (χ1) is 15.6. The lowest BCUT2D eigenvalue weighted by Gasteiger charge is -2.17. The van der Waals surface area contributed by atoms with Crippen LogP contribution in [0.15, 0.2) is 67.1 Å². The standard InChI is InChI=1S/C24H24BN7/c1-16-6-3-4-8-18(16)12-31(25)14-21-29-23(19-10-11-22-26-15-27-32(22)13-19)24(30-21)20-9-5-7-17(2)28-20/h3-11,13,15H,12,14,25H2,1-2H3,(H,29,30). The minimum atomic E-state index is 0.693. The molecule has 0 amide bonds. The highest BCUT2D eigenvalue weighted by atomic mass is 15.3. The number of hydrogen-bond donors (Lipinski definition) is 1. The summed E-state index contributed by atoms with van der Waals surface area (Å²) in [5.74, 6) is 0.896. The summed E-state index contributed by atoms with van der Waals surface area (Å²) in [6.07, 6.45) is 3.52. The molecule has 0 saturated heterocycles. The van der Waals surface area contributed by atoms with Crippen LogP contribution in [0.3, 0.4) is 0 Å². The minimum absolute atomic E-state index is 0.693. The van der Waals surface area contributed by atoms with Crippen molar-refractivity contribution >= 4 is 13.6 Å². The molecular formula is C24H24BN7. The fourth-order valence-corrected chi connectivity index (χ4v) is 3.92. The monoisotopic (exact) mass is 421 g/mol. The molecule has 0 atom stereocenters. The van der Waals surface area contributed by atoms with Crippen molar-refractivity contribution in [2.75, 3.05) is 0 Å². The van der Waals surface area contributed by atoms with Crippen molar-refractivity contribution in [2.24, 2.45) is 0 Å². The first kappa shape index (κ1) is 20.1. The lowest BCUT2D eigenvalue weighted by Crippen LogP contribution is -2.20. The van der Waals surface area contributed by atoms with Gasteiger partial charge in [0.25, 0.3) is 0 Å². The van der Waals surface area contributed by atoms with Crippen molar-refractivity contribution in [2.45, 2.75) is 26.9 Å². The number of nitrogens with one attached hydrogen (secondary N) is 1. The molecule has 1 aromatic carbocycles. The summed E-state index contributed by atoms with van der Waals surface area (Å²) < 4.78 is 1.77. The van der Waals surface area contributed by atoms with Crippen LogP contribution in [0.2, 0.25) is 0 Å². The first-order valence-electron chi connectivity index (χ1n) is 10.6. The maximum atomic E-state index is 4.96. The molecule has 0 fully saturated rings. The molecule has 0 saturated carbocycles. The third-order valence-electron chi connectivity index (χ3n) is 5.57. The number of aromatic amines is 1. The van der Waals surface area contributed by atoms with Crippen LogP contribution in [0, 0.1) is 13.8 Å². The molecule has 158 valence electrons. The zero-order valence-corrected chi connectivity index (χ0v) is 18.4. The van der Waals surface area contributed by atoms with Crippen LogP contribution < -0.4 is 0 Å². The number of aromatic nitrogens is 6. The maximum Gasteiger partial charge on any atom is 0.186 e. The molecule has 0 radical (unpaired) electrons. The highest BCUT2D eigenvalue weighted by Gasteiger charge is 2.17. The molecule has 0 unspecified atom stereocenters. The highest BCUT2D eigenvalue weighted by molar-refractivity contribution is 6.04. The van der Waals surface area contributed by atoms with Crippen molar-refractivity contribution < 1.29 is 0 Å². The quantitative estimate of drug-likeness (QED) is 0.426. The Kier molecular flexibility index (Phi) is 5.29. The molecule has 0 aliphatic rings. The van der Waals surface area contributed by atoms with Gasteiger partial charge in [0.15, 0.2) is 13.6 Å². The van der Waals surface area contributed by atoms with Gasteiger partial charge in [0.05, 0.1) is 11.4 Å². The van der Waals surface area contributed by atoms with Gasteiger partial charge in [-0.3, -0.25) is 4.98 Å². The second-order valence-electron chi connectivity index (χ2n) is 8.15. The lowest BCUT2D eigenvalue weighted by molar-refractivity contribution is 0.431. The second-order valence-corrected chi connectivity index (χ2v) is 8.15. The lowest BCUT2D eigenvalue weighted by atomic mass is 10.1. The molecule has 0 aliphatic carbocycles. The van der Waals surface area contributed by atoms with Crippen molar-refractivity contribution in [3.8, 4) is 22.6 Å². The smallest absolute Gasteiger partial charge is 0.186 e. The topological polar surface area (TPSA) is 75.0 Å². The Bertz CT molecular complexity index is 1390. The van der Waals surface area contributed by atoms with Gasteiger partial charge in [0.2, 0.25) is 0 Å². The molecule has 4 heterocycles. The molecule has 7 nitrogen and oxygen atoms in total. The van der Waals surface area contributed by atoms with E-state index >= 15 is 0 Å². The Labute approximate surface area is 187 Å². The zero-order chi connectivity index (χ0) is 22.1. The van der Waals surface area contributed by atoms with E-state index in [1.807, 2.05) is 43.5 Å². The number of aryl methyl sites for hydroxylation is 2. The summed E-state index contributed by atoms with van der Waals surface area (Å²) in [6, 6.07) is 18.5. The largest absolute Gasteiger partial charge is 0.340 e. The average Bonchev–Trinajstić information content (AvgIpc) is 3.42. The van der Waals surface area contributed by atoms with Crippen LogP contribution in [0.4, 0.5) is 0 Å². The molecular weight excluding hydrogens is 397 g/mol. The summed E-state index contributed by atoms with van der Waals surface area (Å²) in [5.41, 5.74) is 7.99. The normalized spacial score (nSPS) is 11.5. The molecule has 5 aromatic rings. The Morgan fingerprint density at radius 3 is 2.69 bits per heavy atom.